The van der Waals surface area contributed by atoms with Crippen LogP contribution in [0.1, 0.15) is 33.1 Å². The van der Waals surface area contributed by atoms with E-state index in [1.54, 1.807) is 6.20 Å². The number of halogens is 1. The zero-order valence-electron chi connectivity index (χ0n) is 11.5. The number of anilines is 1. The van der Waals surface area contributed by atoms with Crippen molar-refractivity contribution in [2.24, 2.45) is 5.73 Å². The van der Waals surface area contributed by atoms with E-state index in [0.717, 1.165) is 31.5 Å². The Hall–Kier alpha value is -1.07. The highest BCUT2D eigenvalue weighted by Crippen LogP contribution is 2.27. The summed E-state index contributed by atoms with van der Waals surface area (Å²) in [6.07, 6.45) is 4.39. The maximum Gasteiger partial charge on any atom is 0.287 e. The van der Waals surface area contributed by atoms with Gasteiger partial charge in [-0.15, -0.1) is 0 Å². The molecule has 1 saturated heterocycles. The fourth-order valence-corrected chi connectivity index (χ4v) is 2.85. The molecule has 0 aromatic carbocycles. The smallest absolute Gasteiger partial charge is 0.287 e. The molecule has 6 heteroatoms. The molecule has 0 radical (unpaired) electrons. The van der Waals surface area contributed by atoms with Crippen LogP contribution in [0.2, 0.25) is 5.02 Å². The van der Waals surface area contributed by atoms with Gasteiger partial charge in [-0.25, -0.2) is 4.68 Å². The lowest BCUT2D eigenvalue weighted by Crippen LogP contribution is -2.46. The van der Waals surface area contributed by atoms with Crippen LogP contribution in [0.15, 0.2) is 11.0 Å². The van der Waals surface area contributed by atoms with Crippen LogP contribution in [0.4, 0.5) is 5.69 Å². The van der Waals surface area contributed by atoms with E-state index in [2.05, 4.69) is 16.9 Å². The van der Waals surface area contributed by atoms with Crippen LogP contribution in [0.5, 0.6) is 0 Å². The van der Waals surface area contributed by atoms with Crippen LogP contribution in [0.3, 0.4) is 0 Å². The minimum absolute atomic E-state index is 0.205. The van der Waals surface area contributed by atoms with Gasteiger partial charge in [-0.2, -0.15) is 5.10 Å². The van der Waals surface area contributed by atoms with Gasteiger partial charge in [-0.1, -0.05) is 18.5 Å². The first kappa shape index (κ1) is 14.3. The lowest BCUT2D eigenvalue weighted by Gasteiger charge is -2.38. The van der Waals surface area contributed by atoms with Crippen molar-refractivity contribution in [1.82, 2.24) is 9.78 Å². The van der Waals surface area contributed by atoms with Gasteiger partial charge in [-0.3, -0.25) is 4.79 Å². The fraction of sp³-hybridized carbons (Fsp3) is 0.692. The zero-order valence-corrected chi connectivity index (χ0v) is 12.2. The molecular formula is C13H21ClN4O. The first-order valence-electron chi connectivity index (χ1n) is 6.82. The summed E-state index contributed by atoms with van der Waals surface area (Å²) in [6, 6.07) is 0.517. The SMILES string of the molecule is CCCn1ncc(N2CCC(N)CC2C)c(Cl)c1=O. The molecule has 2 unspecified atom stereocenters. The number of hydrogen-bond donors (Lipinski definition) is 1. The van der Waals surface area contributed by atoms with Crippen molar-refractivity contribution in [3.63, 3.8) is 0 Å². The summed E-state index contributed by atoms with van der Waals surface area (Å²) < 4.78 is 1.42. The molecule has 19 heavy (non-hydrogen) atoms. The van der Waals surface area contributed by atoms with Crippen LogP contribution in [0.25, 0.3) is 0 Å². The van der Waals surface area contributed by atoms with Crippen molar-refractivity contribution in [2.45, 2.75) is 51.7 Å². The van der Waals surface area contributed by atoms with E-state index >= 15 is 0 Å². The Morgan fingerprint density at radius 1 is 1.58 bits per heavy atom. The number of aromatic nitrogens is 2. The first-order chi connectivity index (χ1) is 9.04. The van der Waals surface area contributed by atoms with Gasteiger partial charge in [0, 0.05) is 25.2 Å². The van der Waals surface area contributed by atoms with Gasteiger partial charge in [0.25, 0.3) is 5.56 Å². The lowest BCUT2D eigenvalue weighted by molar-refractivity contribution is 0.428. The van der Waals surface area contributed by atoms with E-state index in [-0.39, 0.29) is 22.7 Å². The highest BCUT2D eigenvalue weighted by molar-refractivity contribution is 6.33. The summed E-state index contributed by atoms with van der Waals surface area (Å²) >= 11 is 6.22. The summed E-state index contributed by atoms with van der Waals surface area (Å²) in [7, 11) is 0. The Morgan fingerprint density at radius 3 is 2.95 bits per heavy atom. The predicted octanol–water partition coefficient (Wildman–Crippen LogP) is 1.62. The highest BCUT2D eigenvalue weighted by atomic mass is 35.5. The third-order valence-electron chi connectivity index (χ3n) is 3.63. The average molecular weight is 285 g/mol. The second kappa shape index (κ2) is 5.92. The first-order valence-corrected chi connectivity index (χ1v) is 7.20. The number of nitrogens with zero attached hydrogens (tertiary/aromatic N) is 3. The molecule has 1 aromatic heterocycles. The van der Waals surface area contributed by atoms with Crippen molar-refractivity contribution in [1.29, 1.82) is 0 Å². The molecule has 2 rings (SSSR count). The van der Waals surface area contributed by atoms with Gasteiger partial charge in [-0.05, 0) is 26.2 Å². The third-order valence-corrected chi connectivity index (χ3v) is 3.98. The number of nitrogens with two attached hydrogens (primary N) is 1. The molecule has 2 heterocycles. The topological polar surface area (TPSA) is 64.2 Å². The van der Waals surface area contributed by atoms with Crippen molar-refractivity contribution in [2.75, 3.05) is 11.4 Å². The van der Waals surface area contributed by atoms with Crippen LogP contribution in [-0.2, 0) is 6.54 Å². The van der Waals surface area contributed by atoms with Crippen LogP contribution in [-0.4, -0.2) is 28.4 Å². The van der Waals surface area contributed by atoms with Crippen molar-refractivity contribution >= 4 is 17.3 Å². The summed E-state index contributed by atoms with van der Waals surface area (Å²) in [5.41, 5.74) is 6.49. The second-order valence-electron chi connectivity index (χ2n) is 5.20. The third kappa shape index (κ3) is 2.92. The maximum atomic E-state index is 12.1. The van der Waals surface area contributed by atoms with Gasteiger partial charge in [0.05, 0.1) is 11.9 Å². The van der Waals surface area contributed by atoms with E-state index in [1.807, 2.05) is 6.92 Å². The predicted molar refractivity (Wildman–Crippen MR) is 77.8 cm³/mol. The minimum Gasteiger partial charge on any atom is -0.366 e. The maximum absolute atomic E-state index is 12.1. The Kier molecular flexibility index (Phi) is 4.47. The van der Waals surface area contributed by atoms with Crippen LogP contribution < -0.4 is 16.2 Å². The molecule has 0 bridgehead atoms. The molecule has 0 spiro atoms. The normalized spacial score (nSPS) is 23.7. The van der Waals surface area contributed by atoms with Gasteiger partial charge >= 0.3 is 0 Å². The number of aryl methyl sites for hydroxylation is 1. The highest BCUT2D eigenvalue weighted by Gasteiger charge is 2.26. The molecular weight excluding hydrogens is 264 g/mol. The Morgan fingerprint density at radius 2 is 2.32 bits per heavy atom. The largest absolute Gasteiger partial charge is 0.366 e. The Balaban J connectivity index is 2.31. The number of hydrogen-bond acceptors (Lipinski definition) is 4. The molecule has 1 aliphatic heterocycles. The molecule has 0 saturated carbocycles. The van der Waals surface area contributed by atoms with Gasteiger partial charge < -0.3 is 10.6 Å². The number of rotatable bonds is 3. The van der Waals surface area contributed by atoms with Gasteiger partial charge in [0.2, 0.25) is 0 Å². The van der Waals surface area contributed by atoms with E-state index in [9.17, 15) is 4.79 Å². The van der Waals surface area contributed by atoms with Gasteiger partial charge in [0.1, 0.15) is 5.02 Å². The van der Waals surface area contributed by atoms with E-state index < -0.39 is 0 Å². The summed E-state index contributed by atoms with van der Waals surface area (Å²) in [4.78, 5) is 14.2. The molecule has 2 N–H and O–H groups in total. The molecule has 1 fully saturated rings. The quantitative estimate of drug-likeness (QED) is 0.916. The average Bonchev–Trinajstić information content (AvgIpc) is 2.37. The van der Waals surface area contributed by atoms with E-state index in [0.29, 0.717) is 6.54 Å². The number of piperidine rings is 1. The second-order valence-corrected chi connectivity index (χ2v) is 5.58. The van der Waals surface area contributed by atoms with Crippen molar-refractivity contribution in [3.8, 4) is 0 Å². The van der Waals surface area contributed by atoms with Crippen LogP contribution in [0, 0.1) is 0 Å². The van der Waals surface area contributed by atoms with Crippen molar-refractivity contribution in [3.05, 3.63) is 21.6 Å². The molecule has 106 valence electrons. The van der Waals surface area contributed by atoms with Gasteiger partial charge in [0.15, 0.2) is 0 Å². The minimum atomic E-state index is -0.205. The monoisotopic (exact) mass is 284 g/mol. The van der Waals surface area contributed by atoms with Crippen molar-refractivity contribution < 1.29 is 0 Å². The molecule has 0 aliphatic carbocycles. The lowest BCUT2D eigenvalue weighted by atomic mass is 9.99. The molecule has 1 aromatic rings. The summed E-state index contributed by atoms with van der Waals surface area (Å²) in [5, 5.41) is 4.47. The van der Waals surface area contributed by atoms with Crippen LogP contribution >= 0.6 is 11.6 Å². The molecule has 0 amide bonds. The Labute approximate surface area is 118 Å². The molecule has 2 atom stereocenters. The fourth-order valence-electron chi connectivity index (χ4n) is 2.59. The summed E-state index contributed by atoms with van der Waals surface area (Å²) in [6.45, 7) is 5.52. The molecule has 1 aliphatic rings. The summed E-state index contributed by atoms with van der Waals surface area (Å²) in [5.74, 6) is 0. The van der Waals surface area contributed by atoms with E-state index in [1.165, 1.54) is 4.68 Å². The standard InChI is InChI=1S/C13H21ClN4O/c1-3-5-18-13(19)12(14)11(8-16-18)17-6-4-10(15)7-9(17)2/h8-10H,3-7,15H2,1-2H3. The Bertz CT molecular complexity index is 502. The van der Waals surface area contributed by atoms with E-state index in [4.69, 9.17) is 17.3 Å². The zero-order chi connectivity index (χ0) is 14.0. The molecule has 5 nitrogen and oxygen atoms in total.